The van der Waals surface area contributed by atoms with Gasteiger partial charge in [0.15, 0.2) is 11.5 Å². The van der Waals surface area contributed by atoms with E-state index >= 15 is 0 Å². The van der Waals surface area contributed by atoms with Crippen molar-refractivity contribution >= 4 is 5.91 Å². The van der Waals surface area contributed by atoms with Gasteiger partial charge < -0.3 is 14.8 Å². The lowest BCUT2D eigenvalue weighted by atomic mass is 9.86. The van der Waals surface area contributed by atoms with Crippen molar-refractivity contribution in [1.82, 2.24) is 5.32 Å². The van der Waals surface area contributed by atoms with Crippen molar-refractivity contribution in [2.45, 2.75) is 57.3 Å². The Balaban J connectivity index is 1.53. The zero-order chi connectivity index (χ0) is 16.8. The smallest absolute Gasteiger partial charge is 0.220 e. The van der Waals surface area contributed by atoms with Crippen molar-refractivity contribution in [2.24, 2.45) is 5.92 Å². The molecule has 1 amide bonds. The monoisotopic (exact) mass is 331 g/mol. The van der Waals surface area contributed by atoms with Crippen LogP contribution in [0.4, 0.5) is 0 Å². The van der Waals surface area contributed by atoms with Gasteiger partial charge in [0.05, 0.1) is 13.7 Å². The summed E-state index contributed by atoms with van der Waals surface area (Å²) in [5.41, 5.74) is 1.15. The fraction of sp³-hybridized carbons (Fsp3) is 0.650. The molecule has 1 heterocycles. The van der Waals surface area contributed by atoms with Gasteiger partial charge in [-0.25, -0.2) is 0 Å². The summed E-state index contributed by atoms with van der Waals surface area (Å²) in [5, 5.41) is 2.89. The number of hydrogen-bond acceptors (Lipinski definition) is 3. The molecular formula is C20H29NO3. The van der Waals surface area contributed by atoms with E-state index in [1.807, 2.05) is 18.2 Å². The lowest BCUT2D eigenvalue weighted by Gasteiger charge is -2.21. The summed E-state index contributed by atoms with van der Waals surface area (Å²) in [6.07, 6.45) is 9.92. The molecule has 0 bridgehead atoms. The summed E-state index contributed by atoms with van der Waals surface area (Å²) >= 11 is 0. The average molecular weight is 331 g/mol. The highest BCUT2D eigenvalue weighted by Crippen LogP contribution is 2.33. The molecule has 1 atom stereocenters. The minimum Gasteiger partial charge on any atom is -0.493 e. The van der Waals surface area contributed by atoms with E-state index in [1.165, 1.54) is 38.5 Å². The van der Waals surface area contributed by atoms with Gasteiger partial charge in [-0.3, -0.25) is 4.79 Å². The van der Waals surface area contributed by atoms with Crippen LogP contribution >= 0.6 is 0 Å². The van der Waals surface area contributed by atoms with Crippen molar-refractivity contribution in [3.63, 3.8) is 0 Å². The number of methoxy groups -OCH3 is 1. The van der Waals surface area contributed by atoms with E-state index in [2.05, 4.69) is 5.32 Å². The molecular weight excluding hydrogens is 302 g/mol. The van der Waals surface area contributed by atoms with Gasteiger partial charge >= 0.3 is 0 Å². The molecule has 1 N–H and O–H groups in total. The first-order valence-electron chi connectivity index (χ1n) is 9.33. The largest absolute Gasteiger partial charge is 0.493 e. The van der Waals surface area contributed by atoms with Crippen LogP contribution in [0.5, 0.6) is 11.5 Å². The predicted molar refractivity (Wildman–Crippen MR) is 94.7 cm³/mol. The van der Waals surface area contributed by atoms with Gasteiger partial charge in [0, 0.05) is 18.9 Å². The van der Waals surface area contributed by atoms with Crippen LogP contribution in [-0.2, 0) is 4.79 Å². The van der Waals surface area contributed by atoms with E-state index in [0.717, 1.165) is 36.0 Å². The third-order valence-corrected chi connectivity index (χ3v) is 5.38. The number of rotatable bonds is 7. The van der Waals surface area contributed by atoms with Crippen molar-refractivity contribution < 1.29 is 14.3 Å². The maximum absolute atomic E-state index is 11.4. The minimum atomic E-state index is 0.130. The molecule has 1 aliphatic heterocycles. The van der Waals surface area contributed by atoms with Crippen LogP contribution in [-0.4, -0.2) is 26.2 Å². The van der Waals surface area contributed by atoms with E-state index < -0.39 is 0 Å². The average Bonchev–Trinajstić information content (AvgIpc) is 3.06. The Morgan fingerprint density at radius 1 is 1.17 bits per heavy atom. The first-order valence-corrected chi connectivity index (χ1v) is 9.33. The molecule has 132 valence electrons. The van der Waals surface area contributed by atoms with Crippen molar-refractivity contribution in [3.8, 4) is 11.5 Å². The predicted octanol–water partition coefficient (Wildman–Crippen LogP) is 4.04. The first-order chi connectivity index (χ1) is 11.8. The lowest BCUT2D eigenvalue weighted by Crippen LogP contribution is -2.13. The van der Waals surface area contributed by atoms with Gasteiger partial charge in [-0.1, -0.05) is 38.2 Å². The van der Waals surface area contributed by atoms with E-state index in [4.69, 9.17) is 9.47 Å². The van der Waals surface area contributed by atoms with Crippen LogP contribution < -0.4 is 14.8 Å². The maximum atomic E-state index is 11.4. The Kier molecular flexibility index (Phi) is 6.00. The standard InChI is InChI=1S/C20H29NO3/c1-23-18-10-9-16(17-13-20(22)21-14-17)12-19(18)24-11-5-8-15-6-3-2-4-7-15/h9-10,12,15,17H,2-8,11,13-14H2,1H3,(H,21,22). The molecule has 2 fully saturated rings. The Hall–Kier alpha value is -1.71. The summed E-state index contributed by atoms with van der Waals surface area (Å²) < 4.78 is 11.4. The summed E-state index contributed by atoms with van der Waals surface area (Å²) in [5.74, 6) is 2.84. The number of carbonyl (C=O) groups is 1. The van der Waals surface area contributed by atoms with Gasteiger partial charge in [0.25, 0.3) is 0 Å². The quantitative estimate of drug-likeness (QED) is 0.767. The summed E-state index contributed by atoms with van der Waals surface area (Å²) in [6, 6.07) is 6.04. The SMILES string of the molecule is COc1ccc(C2CNC(=O)C2)cc1OCCCC1CCCCC1. The summed E-state index contributed by atoms with van der Waals surface area (Å²) in [6.45, 7) is 1.45. The van der Waals surface area contributed by atoms with Crippen LogP contribution in [0.1, 0.15) is 62.8 Å². The Labute approximate surface area is 144 Å². The Morgan fingerprint density at radius 3 is 2.71 bits per heavy atom. The van der Waals surface area contributed by atoms with Gasteiger partial charge in [-0.2, -0.15) is 0 Å². The van der Waals surface area contributed by atoms with Crippen LogP contribution in [0.15, 0.2) is 18.2 Å². The van der Waals surface area contributed by atoms with Gasteiger partial charge in [0.1, 0.15) is 0 Å². The highest BCUT2D eigenvalue weighted by atomic mass is 16.5. The van der Waals surface area contributed by atoms with E-state index in [0.29, 0.717) is 13.0 Å². The third kappa shape index (κ3) is 4.43. The second-order valence-corrected chi connectivity index (χ2v) is 7.11. The Bertz CT molecular complexity index is 552. The third-order valence-electron chi connectivity index (χ3n) is 5.38. The topological polar surface area (TPSA) is 47.6 Å². The molecule has 0 spiro atoms. The molecule has 4 heteroatoms. The summed E-state index contributed by atoms with van der Waals surface area (Å²) in [4.78, 5) is 11.4. The minimum absolute atomic E-state index is 0.130. The fourth-order valence-corrected chi connectivity index (χ4v) is 3.93. The van der Waals surface area contributed by atoms with Crippen molar-refractivity contribution in [3.05, 3.63) is 23.8 Å². The number of ether oxygens (including phenoxy) is 2. The van der Waals surface area contributed by atoms with E-state index in [-0.39, 0.29) is 11.8 Å². The highest BCUT2D eigenvalue weighted by molar-refractivity contribution is 5.79. The Morgan fingerprint density at radius 2 is 2.00 bits per heavy atom. The van der Waals surface area contributed by atoms with Crippen LogP contribution in [0.3, 0.4) is 0 Å². The molecule has 1 unspecified atom stereocenters. The molecule has 1 saturated heterocycles. The molecule has 0 radical (unpaired) electrons. The number of nitrogens with one attached hydrogen (secondary N) is 1. The van der Waals surface area contributed by atoms with Gasteiger partial charge in [0.2, 0.25) is 5.91 Å². The molecule has 0 aromatic heterocycles. The lowest BCUT2D eigenvalue weighted by molar-refractivity contribution is -0.119. The van der Waals surface area contributed by atoms with Gasteiger partial charge in [-0.15, -0.1) is 0 Å². The molecule has 1 aliphatic carbocycles. The second-order valence-electron chi connectivity index (χ2n) is 7.11. The zero-order valence-corrected chi connectivity index (χ0v) is 14.7. The van der Waals surface area contributed by atoms with Crippen molar-refractivity contribution in [1.29, 1.82) is 0 Å². The maximum Gasteiger partial charge on any atom is 0.220 e. The van der Waals surface area contributed by atoms with Crippen molar-refractivity contribution in [2.75, 3.05) is 20.3 Å². The van der Waals surface area contributed by atoms with E-state index in [1.54, 1.807) is 7.11 Å². The molecule has 2 aliphatic rings. The van der Waals surface area contributed by atoms with Crippen LogP contribution in [0.2, 0.25) is 0 Å². The van der Waals surface area contributed by atoms with Crippen LogP contribution in [0, 0.1) is 5.92 Å². The molecule has 1 aromatic carbocycles. The van der Waals surface area contributed by atoms with Gasteiger partial charge in [-0.05, 0) is 36.5 Å². The number of hydrogen-bond donors (Lipinski definition) is 1. The second kappa shape index (κ2) is 8.41. The van der Waals surface area contributed by atoms with Crippen LogP contribution in [0.25, 0.3) is 0 Å². The summed E-state index contributed by atoms with van der Waals surface area (Å²) in [7, 11) is 1.67. The highest BCUT2D eigenvalue weighted by Gasteiger charge is 2.24. The molecule has 3 rings (SSSR count). The number of carbonyl (C=O) groups excluding carboxylic acids is 1. The zero-order valence-electron chi connectivity index (χ0n) is 14.7. The fourth-order valence-electron chi connectivity index (χ4n) is 3.93. The number of amides is 1. The normalized spacial score (nSPS) is 21.5. The molecule has 4 nitrogen and oxygen atoms in total. The first kappa shape index (κ1) is 17.1. The molecule has 1 aromatic rings. The molecule has 24 heavy (non-hydrogen) atoms. The number of benzene rings is 1. The van der Waals surface area contributed by atoms with E-state index in [9.17, 15) is 4.79 Å². The molecule has 1 saturated carbocycles.